The molecule has 0 aliphatic carbocycles. The molecule has 0 atom stereocenters. The minimum atomic E-state index is -0.298. The van der Waals surface area contributed by atoms with Crippen molar-refractivity contribution in [2.24, 2.45) is 0 Å². The van der Waals surface area contributed by atoms with Crippen LogP contribution in [0.3, 0.4) is 0 Å². The van der Waals surface area contributed by atoms with E-state index in [1.165, 1.54) is 0 Å². The molecule has 23 heavy (non-hydrogen) atoms. The molecule has 6 heteroatoms. The number of hydrogen-bond donors (Lipinski definition) is 2. The molecule has 0 spiro atoms. The molecule has 0 fully saturated rings. The highest BCUT2D eigenvalue weighted by Gasteiger charge is 2.06. The monoisotopic (exact) mass is 307 g/mol. The van der Waals surface area contributed by atoms with Gasteiger partial charge in [0.05, 0.1) is 11.9 Å². The van der Waals surface area contributed by atoms with E-state index in [4.69, 9.17) is 0 Å². The van der Waals surface area contributed by atoms with Gasteiger partial charge in [0.15, 0.2) is 0 Å². The molecule has 2 amide bonds. The van der Waals surface area contributed by atoms with Crippen molar-refractivity contribution in [2.75, 3.05) is 10.6 Å². The van der Waals surface area contributed by atoms with E-state index in [0.29, 0.717) is 5.69 Å². The van der Waals surface area contributed by atoms with Crippen LogP contribution in [0.5, 0.6) is 0 Å². The van der Waals surface area contributed by atoms with Crippen LogP contribution in [0, 0.1) is 13.8 Å². The van der Waals surface area contributed by atoms with Gasteiger partial charge in [-0.3, -0.25) is 4.57 Å². The molecule has 6 nitrogen and oxygen atoms in total. The van der Waals surface area contributed by atoms with E-state index < -0.39 is 0 Å². The smallest absolute Gasteiger partial charge is 0.307 e. The standard InChI is InChI=1S/C17H17N5O/c1-12-5-3-4-6-15(12)21-17(23)20-14-7-8-16(19-11-14)22-10-9-18-13(22)2/h3-11H,1-2H3,(H2,20,21,23). The molecule has 0 saturated carbocycles. The zero-order chi connectivity index (χ0) is 16.2. The molecular weight excluding hydrogens is 290 g/mol. The van der Waals surface area contributed by atoms with Crippen LogP contribution in [0.2, 0.25) is 0 Å². The Hall–Kier alpha value is -3.15. The zero-order valence-corrected chi connectivity index (χ0v) is 12.9. The Morgan fingerprint density at radius 1 is 1.04 bits per heavy atom. The van der Waals surface area contributed by atoms with Gasteiger partial charge in [0.1, 0.15) is 11.6 Å². The molecule has 0 unspecified atom stereocenters. The Balaban J connectivity index is 1.68. The second kappa shape index (κ2) is 6.31. The number of amides is 2. The highest BCUT2D eigenvalue weighted by molar-refractivity contribution is 6.00. The Morgan fingerprint density at radius 3 is 2.52 bits per heavy atom. The van der Waals surface area contributed by atoms with E-state index >= 15 is 0 Å². The third-order valence-corrected chi connectivity index (χ3v) is 3.47. The number of hydrogen-bond acceptors (Lipinski definition) is 3. The molecule has 1 aromatic carbocycles. The SMILES string of the molecule is Cc1ccccc1NC(=O)Nc1ccc(-n2ccnc2C)nc1. The molecule has 2 heterocycles. The number of aromatic nitrogens is 3. The van der Waals surface area contributed by atoms with Crippen molar-refractivity contribution in [2.45, 2.75) is 13.8 Å². The van der Waals surface area contributed by atoms with Gasteiger partial charge in [-0.15, -0.1) is 0 Å². The third-order valence-electron chi connectivity index (χ3n) is 3.47. The van der Waals surface area contributed by atoms with Gasteiger partial charge >= 0.3 is 6.03 Å². The first-order chi connectivity index (χ1) is 11.1. The van der Waals surface area contributed by atoms with Crippen LogP contribution in [-0.2, 0) is 0 Å². The number of rotatable bonds is 3. The molecule has 0 aliphatic heterocycles. The van der Waals surface area contributed by atoms with Crippen LogP contribution in [0.15, 0.2) is 55.0 Å². The van der Waals surface area contributed by atoms with Crippen molar-refractivity contribution < 1.29 is 4.79 Å². The molecule has 0 saturated heterocycles. The van der Waals surface area contributed by atoms with Gasteiger partial charge in [0.2, 0.25) is 0 Å². The summed E-state index contributed by atoms with van der Waals surface area (Å²) < 4.78 is 1.87. The summed E-state index contributed by atoms with van der Waals surface area (Å²) in [4.78, 5) is 20.5. The van der Waals surface area contributed by atoms with E-state index in [-0.39, 0.29) is 6.03 Å². The molecule has 3 rings (SSSR count). The van der Waals surface area contributed by atoms with E-state index in [2.05, 4.69) is 20.6 Å². The molecular formula is C17H17N5O. The summed E-state index contributed by atoms with van der Waals surface area (Å²) in [6.07, 6.45) is 5.18. The van der Waals surface area contributed by atoms with E-state index in [1.54, 1.807) is 18.5 Å². The van der Waals surface area contributed by atoms with Gasteiger partial charge in [-0.25, -0.2) is 14.8 Å². The van der Waals surface area contributed by atoms with Crippen molar-refractivity contribution in [3.05, 3.63) is 66.4 Å². The second-order valence-electron chi connectivity index (χ2n) is 5.14. The zero-order valence-electron chi connectivity index (χ0n) is 12.9. The fourth-order valence-corrected chi connectivity index (χ4v) is 2.22. The number of anilines is 2. The van der Waals surface area contributed by atoms with Crippen LogP contribution in [0.1, 0.15) is 11.4 Å². The molecule has 0 radical (unpaired) electrons. The molecule has 2 N–H and O–H groups in total. The Morgan fingerprint density at radius 2 is 1.87 bits per heavy atom. The van der Waals surface area contributed by atoms with Crippen molar-refractivity contribution >= 4 is 17.4 Å². The van der Waals surface area contributed by atoms with Crippen LogP contribution in [0.25, 0.3) is 5.82 Å². The maximum atomic E-state index is 12.0. The summed E-state index contributed by atoms with van der Waals surface area (Å²) in [6, 6.07) is 11.0. The van der Waals surface area contributed by atoms with Gasteiger partial charge in [0, 0.05) is 18.1 Å². The van der Waals surface area contributed by atoms with Gasteiger partial charge in [-0.1, -0.05) is 18.2 Å². The van der Waals surface area contributed by atoms with Crippen molar-refractivity contribution in [3.8, 4) is 5.82 Å². The van der Waals surface area contributed by atoms with Gasteiger partial charge in [-0.2, -0.15) is 0 Å². The quantitative estimate of drug-likeness (QED) is 0.777. The summed E-state index contributed by atoms with van der Waals surface area (Å²) in [5.41, 5.74) is 2.41. The first-order valence-corrected chi connectivity index (χ1v) is 7.23. The number of imidazole rings is 1. The van der Waals surface area contributed by atoms with Gasteiger partial charge < -0.3 is 10.6 Å². The first-order valence-electron chi connectivity index (χ1n) is 7.23. The number of nitrogens with one attached hydrogen (secondary N) is 2. The minimum absolute atomic E-state index is 0.298. The highest BCUT2D eigenvalue weighted by Crippen LogP contribution is 2.15. The summed E-state index contributed by atoms with van der Waals surface area (Å²) in [7, 11) is 0. The fourth-order valence-electron chi connectivity index (χ4n) is 2.22. The largest absolute Gasteiger partial charge is 0.323 e. The van der Waals surface area contributed by atoms with Crippen LogP contribution >= 0.6 is 0 Å². The third kappa shape index (κ3) is 3.37. The topological polar surface area (TPSA) is 71.8 Å². The second-order valence-corrected chi connectivity index (χ2v) is 5.14. The molecule has 116 valence electrons. The number of urea groups is 1. The summed E-state index contributed by atoms with van der Waals surface area (Å²) >= 11 is 0. The normalized spacial score (nSPS) is 10.3. The number of benzene rings is 1. The number of carbonyl (C=O) groups excluding carboxylic acids is 1. The first kappa shape index (κ1) is 14.8. The van der Waals surface area contributed by atoms with Gasteiger partial charge in [0.25, 0.3) is 0 Å². The van der Waals surface area contributed by atoms with E-state index in [0.717, 1.165) is 22.9 Å². The van der Waals surface area contributed by atoms with Crippen LogP contribution in [-0.4, -0.2) is 20.6 Å². The molecule has 2 aromatic heterocycles. The minimum Gasteiger partial charge on any atom is -0.307 e. The summed E-state index contributed by atoms with van der Waals surface area (Å²) in [5, 5.41) is 5.58. The van der Waals surface area contributed by atoms with E-state index in [1.807, 2.05) is 54.9 Å². The van der Waals surface area contributed by atoms with Crippen molar-refractivity contribution in [1.82, 2.24) is 14.5 Å². The fraction of sp³-hybridized carbons (Fsp3) is 0.118. The predicted molar refractivity (Wildman–Crippen MR) is 89.9 cm³/mol. The van der Waals surface area contributed by atoms with Gasteiger partial charge in [-0.05, 0) is 37.6 Å². The summed E-state index contributed by atoms with van der Waals surface area (Å²) in [5.74, 6) is 1.61. The average Bonchev–Trinajstić information content (AvgIpc) is 2.96. The number of para-hydroxylation sites is 1. The van der Waals surface area contributed by atoms with Crippen molar-refractivity contribution in [1.29, 1.82) is 0 Å². The Kier molecular flexibility index (Phi) is 4.05. The Labute approximate surface area is 134 Å². The lowest BCUT2D eigenvalue weighted by atomic mass is 10.2. The average molecular weight is 307 g/mol. The molecule has 0 aliphatic rings. The number of aryl methyl sites for hydroxylation is 2. The molecule has 0 bridgehead atoms. The predicted octanol–water partition coefficient (Wildman–Crippen LogP) is 3.53. The summed E-state index contributed by atoms with van der Waals surface area (Å²) in [6.45, 7) is 3.85. The van der Waals surface area contributed by atoms with Crippen molar-refractivity contribution in [3.63, 3.8) is 0 Å². The Bertz CT molecular complexity index is 823. The maximum absolute atomic E-state index is 12.0. The molecule has 3 aromatic rings. The van der Waals surface area contributed by atoms with E-state index in [9.17, 15) is 4.79 Å². The lowest BCUT2D eigenvalue weighted by Crippen LogP contribution is -2.20. The highest BCUT2D eigenvalue weighted by atomic mass is 16.2. The van der Waals surface area contributed by atoms with Crippen LogP contribution in [0.4, 0.5) is 16.2 Å². The maximum Gasteiger partial charge on any atom is 0.323 e. The lowest BCUT2D eigenvalue weighted by Gasteiger charge is -2.10. The number of pyridine rings is 1. The van der Waals surface area contributed by atoms with Crippen LogP contribution < -0.4 is 10.6 Å². The number of carbonyl (C=O) groups is 1. The number of nitrogens with zero attached hydrogens (tertiary/aromatic N) is 3. The lowest BCUT2D eigenvalue weighted by molar-refractivity contribution is 0.262.